The van der Waals surface area contributed by atoms with Crippen molar-refractivity contribution in [2.75, 3.05) is 51.3 Å². The largest absolute Gasteiger partial charge is 0.379 e. The normalized spacial score (nSPS) is 14.7. The molecule has 2 heterocycles. The summed E-state index contributed by atoms with van der Waals surface area (Å²) in [5.41, 5.74) is 1.60. The van der Waals surface area contributed by atoms with E-state index in [4.69, 9.17) is 4.74 Å². The lowest BCUT2D eigenvalue weighted by atomic mass is 10.1. The first-order valence-electron chi connectivity index (χ1n) is 9.23. The fraction of sp³-hybridized carbons (Fsp3) is 0.400. The smallest absolute Gasteiger partial charge is 0.252 e. The Hall–Kier alpha value is -2.51. The molecule has 0 spiro atoms. The van der Waals surface area contributed by atoms with Crippen LogP contribution in [0.15, 0.2) is 42.6 Å². The Morgan fingerprint density at radius 2 is 1.89 bits per heavy atom. The summed E-state index contributed by atoms with van der Waals surface area (Å²) >= 11 is 0. The van der Waals surface area contributed by atoms with E-state index in [1.54, 1.807) is 30.5 Å². The van der Waals surface area contributed by atoms with Gasteiger partial charge in [-0.1, -0.05) is 12.1 Å². The van der Waals surface area contributed by atoms with Crippen LogP contribution in [0.4, 0.5) is 10.2 Å². The first kappa shape index (κ1) is 19.3. The monoisotopic (exact) mass is 372 g/mol. The molecule has 2 aromatic rings. The zero-order chi connectivity index (χ0) is 18.9. The maximum atomic E-state index is 12.9. The van der Waals surface area contributed by atoms with Gasteiger partial charge in [0.2, 0.25) is 0 Å². The molecule has 2 N–H and O–H groups in total. The van der Waals surface area contributed by atoms with Crippen LogP contribution >= 0.6 is 0 Å². The lowest BCUT2D eigenvalue weighted by molar-refractivity contribution is 0.0383. The highest BCUT2D eigenvalue weighted by Gasteiger charge is 2.11. The van der Waals surface area contributed by atoms with Crippen LogP contribution in [0.25, 0.3) is 0 Å². The van der Waals surface area contributed by atoms with Crippen molar-refractivity contribution in [2.24, 2.45) is 0 Å². The fourth-order valence-electron chi connectivity index (χ4n) is 2.87. The molecule has 0 aliphatic carbocycles. The van der Waals surface area contributed by atoms with Crippen molar-refractivity contribution < 1.29 is 13.9 Å². The molecule has 0 saturated carbocycles. The van der Waals surface area contributed by atoms with E-state index in [0.29, 0.717) is 24.5 Å². The van der Waals surface area contributed by atoms with E-state index in [1.807, 2.05) is 0 Å². The van der Waals surface area contributed by atoms with Gasteiger partial charge in [0.1, 0.15) is 11.6 Å². The van der Waals surface area contributed by atoms with Crippen LogP contribution in [0.2, 0.25) is 0 Å². The SMILES string of the molecule is O=C(NCCN1CCOCC1)c1ccc(NCCc2ccc(F)cc2)nc1. The van der Waals surface area contributed by atoms with Gasteiger partial charge in [0, 0.05) is 38.9 Å². The molecule has 1 aromatic carbocycles. The predicted octanol–water partition coefficient (Wildman–Crippen LogP) is 1.94. The summed E-state index contributed by atoms with van der Waals surface area (Å²) in [6.07, 6.45) is 2.34. The minimum Gasteiger partial charge on any atom is -0.379 e. The highest BCUT2D eigenvalue weighted by atomic mass is 19.1. The molecule has 1 fully saturated rings. The molecule has 0 radical (unpaired) electrons. The Labute approximate surface area is 158 Å². The van der Waals surface area contributed by atoms with Crippen molar-refractivity contribution in [1.29, 1.82) is 0 Å². The van der Waals surface area contributed by atoms with E-state index in [9.17, 15) is 9.18 Å². The summed E-state index contributed by atoms with van der Waals surface area (Å²) in [6.45, 7) is 5.46. The molecule has 0 bridgehead atoms. The summed E-state index contributed by atoms with van der Waals surface area (Å²) in [5.74, 6) is 0.364. The Kier molecular flexibility index (Phi) is 7.12. The molecule has 1 aromatic heterocycles. The Morgan fingerprint density at radius 1 is 1.11 bits per heavy atom. The van der Waals surface area contributed by atoms with Gasteiger partial charge in [0.15, 0.2) is 0 Å². The molecule has 1 amide bonds. The number of pyridine rings is 1. The summed E-state index contributed by atoms with van der Waals surface area (Å²) in [5, 5.41) is 6.13. The number of nitrogens with zero attached hydrogens (tertiary/aromatic N) is 2. The predicted molar refractivity (Wildman–Crippen MR) is 102 cm³/mol. The topological polar surface area (TPSA) is 66.5 Å². The van der Waals surface area contributed by atoms with Crippen molar-refractivity contribution in [3.05, 3.63) is 59.5 Å². The van der Waals surface area contributed by atoms with E-state index in [2.05, 4.69) is 20.5 Å². The van der Waals surface area contributed by atoms with Gasteiger partial charge in [-0.25, -0.2) is 9.37 Å². The Bertz CT molecular complexity index is 716. The fourth-order valence-corrected chi connectivity index (χ4v) is 2.87. The first-order valence-corrected chi connectivity index (χ1v) is 9.23. The zero-order valence-corrected chi connectivity index (χ0v) is 15.3. The number of halogens is 1. The van der Waals surface area contributed by atoms with Crippen molar-refractivity contribution >= 4 is 11.7 Å². The highest BCUT2D eigenvalue weighted by molar-refractivity contribution is 5.94. The zero-order valence-electron chi connectivity index (χ0n) is 15.3. The summed E-state index contributed by atoms with van der Waals surface area (Å²) < 4.78 is 18.2. The summed E-state index contributed by atoms with van der Waals surface area (Å²) in [7, 11) is 0. The molecule has 27 heavy (non-hydrogen) atoms. The Morgan fingerprint density at radius 3 is 2.59 bits per heavy atom. The third-order valence-electron chi connectivity index (χ3n) is 4.48. The maximum absolute atomic E-state index is 12.9. The molecule has 1 aliphatic heterocycles. The second-order valence-corrected chi connectivity index (χ2v) is 6.45. The lowest BCUT2D eigenvalue weighted by Gasteiger charge is -2.26. The van der Waals surface area contributed by atoms with E-state index in [1.165, 1.54) is 12.1 Å². The number of aromatic nitrogens is 1. The number of benzene rings is 1. The molecular formula is C20H25FN4O2. The van der Waals surface area contributed by atoms with E-state index < -0.39 is 0 Å². The van der Waals surface area contributed by atoms with E-state index in [-0.39, 0.29) is 11.7 Å². The molecule has 3 rings (SSSR count). The standard InChI is InChI=1S/C20H25FN4O2/c21-18-4-1-16(2-5-18)7-8-22-19-6-3-17(15-24-19)20(26)23-9-10-25-11-13-27-14-12-25/h1-6,15H,7-14H2,(H,22,24)(H,23,26). The summed E-state index contributed by atoms with van der Waals surface area (Å²) in [4.78, 5) is 18.7. The number of hydrogen-bond acceptors (Lipinski definition) is 5. The van der Waals surface area contributed by atoms with E-state index in [0.717, 1.165) is 44.8 Å². The molecule has 7 heteroatoms. The van der Waals surface area contributed by atoms with E-state index >= 15 is 0 Å². The van der Waals surface area contributed by atoms with Gasteiger partial charge in [0.25, 0.3) is 5.91 Å². The number of amides is 1. The third-order valence-corrected chi connectivity index (χ3v) is 4.48. The summed E-state index contributed by atoms with van der Waals surface area (Å²) in [6, 6.07) is 10.0. The van der Waals surface area contributed by atoms with Crippen LogP contribution in [-0.4, -0.2) is 61.7 Å². The maximum Gasteiger partial charge on any atom is 0.252 e. The number of hydrogen-bond donors (Lipinski definition) is 2. The van der Waals surface area contributed by atoms with Gasteiger partial charge in [0.05, 0.1) is 18.8 Å². The van der Waals surface area contributed by atoms with Crippen molar-refractivity contribution in [1.82, 2.24) is 15.2 Å². The van der Waals surface area contributed by atoms with Gasteiger partial charge in [-0.05, 0) is 36.2 Å². The third kappa shape index (κ3) is 6.30. The van der Waals surface area contributed by atoms with Gasteiger partial charge in [-0.3, -0.25) is 9.69 Å². The molecule has 1 saturated heterocycles. The lowest BCUT2D eigenvalue weighted by Crippen LogP contribution is -2.41. The average Bonchev–Trinajstić information content (AvgIpc) is 2.71. The number of morpholine rings is 1. The minimum atomic E-state index is -0.229. The average molecular weight is 372 g/mol. The molecule has 0 unspecified atom stereocenters. The van der Waals surface area contributed by atoms with Crippen molar-refractivity contribution in [3.8, 4) is 0 Å². The number of ether oxygens (including phenoxy) is 1. The first-order chi connectivity index (χ1) is 13.2. The van der Waals surface area contributed by atoms with Gasteiger partial charge in [-0.15, -0.1) is 0 Å². The van der Waals surface area contributed by atoms with Crippen LogP contribution in [0.5, 0.6) is 0 Å². The van der Waals surface area contributed by atoms with Crippen LogP contribution in [0.3, 0.4) is 0 Å². The van der Waals surface area contributed by atoms with Crippen molar-refractivity contribution in [2.45, 2.75) is 6.42 Å². The quantitative estimate of drug-likeness (QED) is 0.741. The molecule has 144 valence electrons. The van der Waals surface area contributed by atoms with Crippen LogP contribution in [-0.2, 0) is 11.2 Å². The number of nitrogens with one attached hydrogen (secondary N) is 2. The Balaban J connectivity index is 1.38. The van der Waals surface area contributed by atoms with Gasteiger partial charge >= 0.3 is 0 Å². The highest BCUT2D eigenvalue weighted by Crippen LogP contribution is 2.07. The number of rotatable bonds is 8. The number of carbonyl (C=O) groups excluding carboxylic acids is 1. The number of anilines is 1. The van der Waals surface area contributed by atoms with Crippen molar-refractivity contribution in [3.63, 3.8) is 0 Å². The second kappa shape index (κ2) is 9.99. The van der Waals surface area contributed by atoms with Crippen LogP contribution in [0.1, 0.15) is 15.9 Å². The molecule has 6 nitrogen and oxygen atoms in total. The van der Waals surface area contributed by atoms with Crippen LogP contribution < -0.4 is 10.6 Å². The number of carbonyl (C=O) groups is 1. The van der Waals surface area contributed by atoms with Gasteiger partial charge in [-0.2, -0.15) is 0 Å². The van der Waals surface area contributed by atoms with Gasteiger partial charge < -0.3 is 15.4 Å². The van der Waals surface area contributed by atoms with Crippen LogP contribution in [0, 0.1) is 5.82 Å². The molecule has 0 atom stereocenters. The minimum absolute atomic E-state index is 0.117. The molecular weight excluding hydrogens is 347 g/mol. The molecule has 1 aliphatic rings. The second-order valence-electron chi connectivity index (χ2n) is 6.45.